The summed E-state index contributed by atoms with van der Waals surface area (Å²) >= 11 is 0. The molecule has 0 unspecified atom stereocenters. The van der Waals surface area contributed by atoms with Crippen molar-refractivity contribution in [2.24, 2.45) is 5.10 Å². The molecule has 1 amide bonds. The lowest BCUT2D eigenvalue weighted by Gasteiger charge is -2.14. The molecule has 0 spiro atoms. The number of non-ortho nitro benzene ring substituents is 1. The first kappa shape index (κ1) is 19.7. The summed E-state index contributed by atoms with van der Waals surface area (Å²) < 4.78 is 16.1. The van der Waals surface area contributed by atoms with Crippen LogP contribution in [0.1, 0.15) is 22.8 Å². The summed E-state index contributed by atoms with van der Waals surface area (Å²) in [5, 5.41) is 14.5. The number of ether oxygens (including phenoxy) is 3. The van der Waals surface area contributed by atoms with Gasteiger partial charge in [0.25, 0.3) is 11.6 Å². The molecule has 0 aliphatic carbocycles. The Morgan fingerprint density at radius 3 is 2.26 bits per heavy atom. The van der Waals surface area contributed by atoms with Gasteiger partial charge in [-0.1, -0.05) is 0 Å². The van der Waals surface area contributed by atoms with Crippen molar-refractivity contribution in [3.8, 4) is 17.2 Å². The molecule has 142 valence electrons. The molecule has 2 aromatic rings. The van der Waals surface area contributed by atoms with Crippen molar-refractivity contribution in [1.29, 1.82) is 0 Å². The van der Waals surface area contributed by atoms with Crippen LogP contribution in [-0.4, -0.2) is 37.9 Å². The number of methoxy groups -OCH3 is 2. The van der Waals surface area contributed by atoms with Crippen molar-refractivity contribution in [2.45, 2.75) is 6.92 Å². The molecule has 0 bridgehead atoms. The zero-order chi connectivity index (χ0) is 19.8. The van der Waals surface area contributed by atoms with E-state index in [1.54, 1.807) is 12.1 Å². The van der Waals surface area contributed by atoms with Crippen LogP contribution in [0.3, 0.4) is 0 Å². The monoisotopic (exact) mass is 373 g/mol. The van der Waals surface area contributed by atoms with Crippen LogP contribution in [-0.2, 0) is 0 Å². The summed E-state index contributed by atoms with van der Waals surface area (Å²) in [5.41, 5.74) is 3.14. The van der Waals surface area contributed by atoms with Crippen molar-refractivity contribution in [2.75, 3.05) is 20.8 Å². The summed E-state index contributed by atoms with van der Waals surface area (Å²) in [7, 11) is 3.02. The quantitative estimate of drug-likeness (QED) is 0.432. The molecule has 1 N–H and O–H groups in total. The number of hydrogen-bond acceptors (Lipinski definition) is 7. The van der Waals surface area contributed by atoms with Crippen molar-refractivity contribution < 1.29 is 23.9 Å². The average Bonchev–Trinajstić information content (AvgIpc) is 2.68. The minimum absolute atomic E-state index is 0.0939. The Balaban J connectivity index is 2.13. The SMILES string of the molecule is CCOc1c(OC)cc(/C=N/NC(=O)c2ccc([N+](=O)[O-])cc2)cc1OC. The zero-order valence-corrected chi connectivity index (χ0v) is 15.1. The number of nitrogens with one attached hydrogen (secondary N) is 1. The fourth-order valence-corrected chi connectivity index (χ4v) is 2.23. The first-order valence-corrected chi connectivity index (χ1v) is 7.96. The maximum absolute atomic E-state index is 12.0. The smallest absolute Gasteiger partial charge is 0.271 e. The maximum Gasteiger partial charge on any atom is 0.271 e. The molecule has 0 fully saturated rings. The highest BCUT2D eigenvalue weighted by molar-refractivity contribution is 5.95. The van der Waals surface area contributed by atoms with Crippen LogP contribution in [0, 0.1) is 10.1 Å². The van der Waals surface area contributed by atoms with Gasteiger partial charge in [0.1, 0.15) is 0 Å². The molecule has 0 radical (unpaired) electrons. The Morgan fingerprint density at radius 2 is 1.78 bits per heavy atom. The first-order valence-electron chi connectivity index (χ1n) is 7.96. The van der Waals surface area contributed by atoms with Crippen LogP contribution in [0.2, 0.25) is 0 Å². The summed E-state index contributed by atoms with van der Waals surface area (Å²) in [6.45, 7) is 2.30. The predicted molar refractivity (Wildman–Crippen MR) is 98.9 cm³/mol. The molecule has 0 saturated heterocycles. The summed E-state index contributed by atoms with van der Waals surface area (Å²) in [5.74, 6) is 0.930. The Labute approximate surface area is 155 Å². The van der Waals surface area contributed by atoms with Crippen molar-refractivity contribution in [3.63, 3.8) is 0 Å². The van der Waals surface area contributed by atoms with Gasteiger partial charge >= 0.3 is 0 Å². The number of rotatable bonds is 8. The van der Waals surface area contributed by atoms with E-state index in [1.807, 2.05) is 6.92 Å². The van der Waals surface area contributed by atoms with Gasteiger partial charge in [0.15, 0.2) is 11.5 Å². The summed E-state index contributed by atoms with van der Waals surface area (Å²) in [4.78, 5) is 22.1. The number of nitro benzene ring substituents is 1. The normalized spacial score (nSPS) is 10.5. The molecular formula is C18H19N3O6. The van der Waals surface area contributed by atoms with Crippen LogP contribution in [0.25, 0.3) is 0 Å². The predicted octanol–water partition coefficient (Wildman–Crippen LogP) is 2.77. The van der Waals surface area contributed by atoms with Crippen LogP contribution in [0.5, 0.6) is 17.2 Å². The van der Waals surface area contributed by atoms with Crippen LogP contribution in [0.15, 0.2) is 41.5 Å². The third-order valence-corrected chi connectivity index (χ3v) is 3.49. The van der Waals surface area contributed by atoms with Crippen molar-refractivity contribution in [3.05, 3.63) is 57.6 Å². The molecule has 0 aromatic heterocycles. The largest absolute Gasteiger partial charge is 0.493 e. The third-order valence-electron chi connectivity index (χ3n) is 3.49. The van der Waals surface area contributed by atoms with Gasteiger partial charge in [0, 0.05) is 23.3 Å². The highest BCUT2D eigenvalue weighted by Crippen LogP contribution is 2.38. The highest BCUT2D eigenvalue weighted by atomic mass is 16.6. The zero-order valence-electron chi connectivity index (χ0n) is 15.1. The Bertz CT molecular complexity index is 824. The van der Waals surface area contributed by atoms with E-state index in [0.29, 0.717) is 29.4 Å². The molecule has 27 heavy (non-hydrogen) atoms. The Morgan fingerprint density at radius 1 is 1.19 bits per heavy atom. The number of benzene rings is 2. The van der Waals surface area contributed by atoms with Gasteiger partial charge in [-0.25, -0.2) is 5.43 Å². The average molecular weight is 373 g/mol. The lowest BCUT2D eigenvalue weighted by Crippen LogP contribution is -2.17. The van der Waals surface area contributed by atoms with Gasteiger partial charge in [-0.15, -0.1) is 0 Å². The highest BCUT2D eigenvalue weighted by Gasteiger charge is 2.13. The van der Waals surface area contributed by atoms with E-state index in [-0.39, 0.29) is 11.3 Å². The van der Waals surface area contributed by atoms with E-state index < -0.39 is 10.8 Å². The van der Waals surface area contributed by atoms with Gasteiger partial charge in [-0.2, -0.15) is 5.10 Å². The van der Waals surface area contributed by atoms with Gasteiger partial charge < -0.3 is 14.2 Å². The Kier molecular flexibility index (Phi) is 6.70. The van der Waals surface area contributed by atoms with E-state index in [1.165, 1.54) is 44.7 Å². The molecule has 9 heteroatoms. The first-order chi connectivity index (χ1) is 13.0. The second-order valence-corrected chi connectivity index (χ2v) is 5.19. The number of hydrazone groups is 1. The Hall–Kier alpha value is -3.62. The molecule has 0 heterocycles. The lowest BCUT2D eigenvalue weighted by atomic mass is 10.2. The molecule has 0 aliphatic heterocycles. The number of nitrogens with zero attached hydrogens (tertiary/aromatic N) is 2. The van der Waals surface area contributed by atoms with Crippen molar-refractivity contribution >= 4 is 17.8 Å². The van der Waals surface area contributed by atoms with Crippen LogP contribution >= 0.6 is 0 Å². The van der Waals surface area contributed by atoms with Gasteiger partial charge in [0.2, 0.25) is 5.75 Å². The van der Waals surface area contributed by atoms with Gasteiger partial charge in [0.05, 0.1) is 32.0 Å². The lowest BCUT2D eigenvalue weighted by molar-refractivity contribution is -0.384. The van der Waals surface area contributed by atoms with Crippen molar-refractivity contribution in [1.82, 2.24) is 5.43 Å². The minimum Gasteiger partial charge on any atom is -0.493 e. The number of amides is 1. The van der Waals surface area contributed by atoms with Crippen LogP contribution in [0.4, 0.5) is 5.69 Å². The molecule has 0 atom stereocenters. The molecule has 0 saturated carbocycles. The van der Waals surface area contributed by atoms with Crippen LogP contribution < -0.4 is 19.6 Å². The maximum atomic E-state index is 12.0. The minimum atomic E-state index is -0.535. The number of hydrogen-bond donors (Lipinski definition) is 1. The fourth-order valence-electron chi connectivity index (χ4n) is 2.23. The topological polar surface area (TPSA) is 112 Å². The third kappa shape index (κ3) is 4.94. The fraction of sp³-hybridized carbons (Fsp3) is 0.222. The number of carbonyl (C=O) groups excluding carboxylic acids is 1. The summed E-state index contributed by atoms with van der Waals surface area (Å²) in [6.07, 6.45) is 1.42. The van der Waals surface area contributed by atoms with Gasteiger partial charge in [-0.05, 0) is 31.2 Å². The standard InChI is InChI=1S/C18H19N3O6/c1-4-27-17-15(25-2)9-12(10-16(17)26-3)11-19-20-18(22)13-5-7-14(8-6-13)21(23)24/h5-11H,4H2,1-3H3,(H,20,22)/b19-11+. The number of nitro groups is 1. The van der Waals surface area contributed by atoms with E-state index in [4.69, 9.17) is 14.2 Å². The van der Waals surface area contributed by atoms with E-state index in [0.717, 1.165) is 0 Å². The van der Waals surface area contributed by atoms with E-state index in [2.05, 4.69) is 10.5 Å². The molecule has 2 aromatic carbocycles. The molecule has 2 rings (SSSR count). The summed E-state index contributed by atoms with van der Waals surface area (Å²) in [6, 6.07) is 8.59. The molecule has 0 aliphatic rings. The molecular weight excluding hydrogens is 354 g/mol. The second-order valence-electron chi connectivity index (χ2n) is 5.19. The second kappa shape index (κ2) is 9.18. The molecule has 9 nitrogen and oxygen atoms in total. The van der Waals surface area contributed by atoms with Gasteiger partial charge in [-0.3, -0.25) is 14.9 Å². The van der Waals surface area contributed by atoms with E-state index >= 15 is 0 Å². The number of carbonyl (C=O) groups is 1. The van der Waals surface area contributed by atoms with E-state index in [9.17, 15) is 14.9 Å².